The van der Waals surface area contributed by atoms with Gasteiger partial charge in [-0.15, -0.1) is 0 Å². The highest BCUT2D eigenvalue weighted by Crippen LogP contribution is 2.44. The lowest BCUT2D eigenvalue weighted by Gasteiger charge is -2.48. The van der Waals surface area contributed by atoms with Gasteiger partial charge in [0.15, 0.2) is 0 Å². The number of benzene rings is 1. The first kappa shape index (κ1) is 13.4. The minimum atomic E-state index is -0.241. The van der Waals surface area contributed by atoms with E-state index in [1.165, 1.54) is 11.1 Å². The fraction of sp³-hybridized carbons (Fsp3) is 0.625. The van der Waals surface area contributed by atoms with Crippen LogP contribution in [0.1, 0.15) is 51.2 Å². The van der Waals surface area contributed by atoms with Gasteiger partial charge in [-0.1, -0.05) is 39.8 Å². The second kappa shape index (κ2) is 4.58. The average molecular weight is 248 g/mol. The van der Waals surface area contributed by atoms with Gasteiger partial charge in [0.2, 0.25) is 0 Å². The van der Waals surface area contributed by atoms with Crippen LogP contribution in [0, 0.1) is 12.3 Å². The van der Waals surface area contributed by atoms with Crippen molar-refractivity contribution in [1.29, 1.82) is 0 Å². The maximum absolute atomic E-state index is 9.78. The van der Waals surface area contributed by atoms with E-state index in [0.29, 0.717) is 5.92 Å². The molecule has 1 fully saturated rings. The van der Waals surface area contributed by atoms with Crippen molar-refractivity contribution in [1.82, 2.24) is 0 Å². The predicted molar refractivity (Wildman–Crippen MR) is 74.1 cm³/mol. The molecule has 1 aromatic carbocycles. The van der Waals surface area contributed by atoms with Crippen LogP contribution in [0.5, 0.6) is 5.75 Å². The molecule has 0 bridgehead atoms. The molecule has 0 radical (unpaired) electrons. The number of rotatable bonds is 3. The third-order valence-electron chi connectivity index (χ3n) is 4.19. The van der Waals surface area contributed by atoms with E-state index in [-0.39, 0.29) is 17.6 Å². The zero-order chi connectivity index (χ0) is 13.5. The zero-order valence-corrected chi connectivity index (χ0v) is 12.0. The van der Waals surface area contributed by atoms with Crippen LogP contribution >= 0.6 is 0 Å². The van der Waals surface area contributed by atoms with Gasteiger partial charge in [-0.3, -0.25) is 0 Å². The Kier molecular flexibility index (Phi) is 3.41. The molecule has 100 valence electrons. The standard InChI is InChI=1S/C16H24O2/c1-10(2)12-7-6-11(3)8-13(12)18-15-9-14(17)16(15,4)5/h6-8,10,14-15,17H,9H2,1-5H3. The summed E-state index contributed by atoms with van der Waals surface area (Å²) in [6, 6.07) is 6.39. The molecular formula is C16H24O2. The Morgan fingerprint density at radius 1 is 1.33 bits per heavy atom. The minimum absolute atomic E-state index is 0.117. The molecule has 0 spiro atoms. The molecule has 1 aromatic rings. The third-order valence-corrected chi connectivity index (χ3v) is 4.19. The van der Waals surface area contributed by atoms with Crippen molar-refractivity contribution in [3.8, 4) is 5.75 Å². The van der Waals surface area contributed by atoms with E-state index >= 15 is 0 Å². The van der Waals surface area contributed by atoms with Crippen molar-refractivity contribution in [3.63, 3.8) is 0 Å². The van der Waals surface area contributed by atoms with Gasteiger partial charge >= 0.3 is 0 Å². The highest BCUT2D eigenvalue weighted by molar-refractivity contribution is 5.39. The van der Waals surface area contributed by atoms with E-state index in [4.69, 9.17) is 4.74 Å². The van der Waals surface area contributed by atoms with Crippen molar-refractivity contribution in [2.75, 3.05) is 0 Å². The van der Waals surface area contributed by atoms with Crippen molar-refractivity contribution in [2.24, 2.45) is 5.41 Å². The molecule has 2 atom stereocenters. The Bertz CT molecular complexity index is 435. The summed E-state index contributed by atoms with van der Waals surface area (Å²) < 4.78 is 6.15. The van der Waals surface area contributed by atoms with Gasteiger partial charge in [0.05, 0.1) is 6.10 Å². The van der Waals surface area contributed by atoms with Gasteiger partial charge in [0, 0.05) is 11.8 Å². The summed E-state index contributed by atoms with van der Waals surface area (Å²) in [4.78, 5) is 0. The Morgan fingerprint density at radius 2 is 2.00 bits per heavy atom. The molecule has 0 aromatic heterocycles. The first-order valence-corrected chi connectivity index (χ1v) is 6.77. The number of hydrogen-bond donors (Lipinski definition) is 1. The fourth-order valence-electron chi connectivity index (χ4n) is 2.44. The predicted octanol–water partition coefficient (Wildman–Crippen LogP) is 3.66. The van der Waals surface area contributed by atoms with Gasteiger partial charge in [0.1, 0.15) is 11.9 Å². The summed E-state index contributed by atoms with van der Waals surface area (Å²) >= 11 is 0. The van der Waals surface area contributed by atoms with Gasteiger partial charge in [0.25, 0.3) is 0 Å². The van der Waals surface area contributed by atoms with E-state index in [9.17, 15) is 5.11 Å². The summed E-state index contributed by atoms with van der Waals surface area (Å²) in [6.45, 7) is 10.6. The van der Waals surface area contributed by atoms with E-state index < -0.39 is 0 Å². The molecule has 0 aliphatic heterocycles. The summed E-state index contributed by atoms with van der Waals surface area (Å²) in [7, 11) is 0. The van der Waals surface area contributed by atoms with Gasteiger partial charge < -0.3 is 9.84 Å². The van der Waals surface area contributed by atoms with Crippen LogP contribution in [0.3, 0.4) is 0 Å². The molecule has 1 saturated carbocycles. The van der Waals surface area contributed by atoms with E-state index in [1.54, 1.807) is 0 Å². The molecule has 2 rings (SSSR count). The topological polar surface area (TPSA) is 29.5 Å². The fourth-order valence-corrected chi connectivity index (χ4v) is 2.44. The van der Waals surface area contributed by atoms with Crippen molar-refractivity contribution in [3.05, 3.63) is 29.3 Å². The van der Waals surface area contributed by atoms with Crippen molar-refractivity contribution < 1.29 is 9.84 Å². The minimum Gasteiger partial charge on any atom is -0.489 e. The second-order valence-corrected chi connectivity index (χ2v) is 6.38. The Hall–Kier alpha value is -1.02. The van der Waals surface area contributed by atoms with Crippen LogP contribution in [0.15, 0.2) is 18.2 Å². The average Bonchev–Trinajstić information content (AvgIpc) is 2.28. The van der Waals surface area contributed by atoms with E-state index in [1.807, 2.05) is 0 Å². The number of aliphatic hydroxyl groups excluding tert-OH is 1. The van der Waals surface area contributed by atoms with Crippen molar-refractivity contribution >= 4 is 0 Å². The normalized spacial score (nSPS) is 25.9. The van der Waals surface area contributed by atoms with Crippen molar-refractivity contribution in [2.45, 2.75) is 59.2 Å². The van der Waals surface area contributed by atoms with Crippen LogP contribution in [0.4, 0.5) is 0 Å². The molecule has 0 heterocycles. The molecule has 2 heteroatoms. The molecule has 0 amide bonds. The van der Waals surface area contributed by atoms with Crippen LogP contribution < -0.4 is 4.74 Å². The number of hydrogen-bond acceptors (Lipinski definition) is 2. The lowest BCUT2D eigenvalue weighted by Crippen LogP contribution is -2.56. The Morgan fingerprint density at radius 3 is 2.50 bits per heavy atom. The Labute approximate surface area is 110 Å². The number of aliphatic hydroxyl groups is 1. The van der Waals surface area contributed by atoms with Gasteiger partial charge in [-0.2, -0.15) is 0 Å². The first-order valence-electron chi connectivity index (χ1n) is 6.77. The largest absolute Gasteiger partial charge is 0.489 e. The molecule has 2 unspecified atom stereocenters. The highest BCUT2D eigenvalue weighted by Gasteiger charge is 2.49. The lowest BCUT2D eigenvalue weighted by molar-refractivity contribution is -0.134. The van der Waals surface area contributed by atoms with Gasteiger partial charge in [-0.25, -0.2) is 0 Å². The maximum atomic E-state index is 9.78. The quantitative estimate of drug-likeness (QED) is 0.884. The highest BCUT2D eigenvalue weighted by atomic mass is 16.5. The summed E-state index contributed by atoms with van der Waals surface area (Å²) in [5.74, 6) is 1.43. The molecular weight excluding hydrogens is 224 g/mol. The molecule has 18 heavy (non-hydrogen) atoms. The third kappa shape index (κ3) is 2.26. The SMILES string of the molecule is Cc1ccc(C(C)C)c(OC2CC(O)C2(C)C)c1. The van der Waals surface area contributed by atoms with Gasteiger partial charge in [-0.05, 0) is 30.0 Å². The van der Waals surface area contributed by atoms with Crippen LogP contribution in [0.25, 0.3) is 0 Å². The smallest absolute Gasteiger partial charge is 0.123 e. The number of aryl methyl sites for hydroxylation is 1. The zero-order valence-electron chi connectivity index (χ0n) is 12.0. The van der Waals surface area contributed by atoms with Crippen LogP contribution in [0.2, 0.25) is 0 Å². The molecule has 1 N–H and O–H groups in total. The Balaban J connectivity index is 2.21. The molecule has 0 saturated heterocycles. The lowest BCUT2D eigenvalue weighted by atomic mass is 9.66. The summed E-state index contributed by atoms with van der Waals surface area (Å²) in [6.07, 6.45) is 0.611. The monoisotopic (exact) mass is 248 g/mol. The maximum Gasteiger partial charge on any atom is 0.123 e. The summed E-state index contributed by atoms with van der Waals surface area (Å²) in [5.41, 5.74) is 2.32. The first-order chi connectivity index (χ1) is 8.32. The van der Waals surface area contributed by atoms with Crippen LogP contribution in [-0.4, -0.2) is 17.3 Å². The number of ether oxygens (including phenoxy) is 1. The summed E-state index contributed by atoms with van der Waals surface area (Å²) in [5, 5.41) is 9.78. The van der Waals surface area contributed by atoms with E-state index in [2.05, 4.69) is 52.8 Å². The van der Waals surface area contributed by atoms with E-state index in [0.717, 1.165) is 12.2 Å². The molecule has 2 nitrogen and oxygen atoms in total. The van der Waals surface area contributed by atoms with Crippen LogP contribution in [-0.2, 0) is 0 Å². The second-order valence-electron chi connectivity index (χ2n) is 6.38. The molecule has 1 aliphatic carbocycles. The molecule has 1 aliphatic rings.